The van der Waals surface area contributed by atoms with Crippen molar-refractivity contribution >= 4 is 6.41 Å². The number of phenols is 1. The maximum Gasteiger partial charge on any atom is 0.207 e. The van der Waals surface area contributed by atoms with Crippen LogP contribution < -0.4 is 10.6 Å². The lowest BCUT2D eigenvalue weighted by Crippen LogP contribution is -2.36. The highest BCUT2D eigenvalue weighted by molar-refractivity contribution is 5.46. The Morgan fingerprint density at radius 3 is 2.20 bits per heavy atom. The largest absolute Gasteiger partial charge is 0.507 e. The summed E-state index contributed by atoms with van der Waals surface area (Å²) in [5, 5.41) is 26.0. The summed E-state index contributed by atoms with van der Waals surface area (Å²) < 4.78 is 5.75. The Labute approximate surface area is 180 Å². The minimum absolute atomic E-state index is 0.139. The van der Waals surface area contributed by atoms with Crippen LogP contribution in [0.25, 0.3) is 0 Å². The standard InChI is InChI=1S/C24H38N2O4/c1-17-10-20(13-27)24(29)21(11-17)14-30-16-26-23-8-4-19(5-9-23)12-18-2-6-22(7-3-18)25-15-28/h10-11,15,18-19,22-23,26-27,29H,2-9,12-14,16H2,1H3,(H,25,28). The van der Waals surface area contributed by atoms with Crippen LogP contribution in [0.5, 0.6) is 5.75 Å². The first-order chi connectivity index (χ1) is 14.6. The van der Waals surface area contributed by atoms with Crippen LogP contribution in [-0.2, 0) is 22.7 Å². The van der Waals surface area contributed by atoms with Crippen molar-refractivity contribution in [1.82, 2.24) is 10.6 Å². The summed E-state index contributed by atoms with van der Waals surface area (Å²) >= 11 is 0. The van der Waals surface area contributed by atoms with Gasteiger partial charge in [0.2, 0.25) is 6.41 Å². The average molecular weight is 419 g/mol. The van der Waals surface area contributed by atoms with Crippen LogP contribution in [0.1, 0.15) is 74.5 Å². The number of benzene rings is 1. The summed E-state index contributed by atoms with van der Waals surface area (Å²) in [6, 6.07) is 4.61. The van der Waals surface area contributed by atoms with Gasteiger partial charge in [-0.3, -0.25) is 10.1 Å². The number of hydrogen-bond acceptors (Lipinski definition) is 5. The highest BCUT2D eigenvalue weighted by Gasteiger charge is 2.26. The lowest BCUT2D eigenvalue weighted by atomic mass is 9.76. The van der Waals surface area contributed by atoms with E-state index in [1.807, 2.05) is 13.0 Å². The van der Waals surface area contributed by atoms with Crippen molar-refractivity contribution in [2.75, 3.05) is 6.73 Å². The molecule has 3 rings (SSSR count). The molecular weight excluding hydrogens is 380 g/mol. The molecule has 0 spiro atoms. The second-order valence-corrected chi connectivity index (χ2v) is 9.24. The number of hydrogen-bond donors (Lipinski definition) is 4. The summed E-state index contributed by atoms with van der Waals surface area (Å²) in [4.78, 5) is 10.6. The van der Waals surface area contributed by atoms with Gasteiger partial charge < -0.3 is 20.3 Å². The predicted molar refractivity (Wildman–Crippen MR) is 117 cm³/mol. The SMILES string of the molecule is Cc1cc(CO)c(O)c(COCNC2CCC(CC3CCC(NC=O)CC3)CC2)c1. The zero-order valence-corrected chi connectivity index (χ0v) is 18.2. The van der Waals surface area contributed by atoms with Crippen molar-refractivity contribution in [3.63, 3.8) is 0 Å². The number of aryl methyl sites for hydroxylation is 1. The molecule has 168 valence electrons. The molecular formula is C24H38N2O4. The number of aromatic hydroxyl groups is 1. The fourth-order valence-corrected chi connectivity index (χ4v) is 5.24. The Balaban J connectivity index is 1.30. The molecule has 30 heavy (non-hydrogen) atoms. The van der Waals surface area contributed by atoms with Crippen molar-refractivity contribution in [1.29, 1.82) is 0 Å². The number of nitrogens with one attached hydrogen (secondary N) is 2. The molecule has 2 aliphatic rings. The molecule has 2 saturated carbocycles. The quantitative estimate of drug-likeness (QED) is 0.265. The van der Waals surface area contributed by atoms with Gasteiger partial charge in [-0.15, -0.1) is 0 Å². The van der Waals surface area contributed by atoms with Gasteiger partial charge in [0.25, 0.3) is 0 Å². The van der Waals surface area contributed by atoms with Gasteiger partial charge in [-0.25, -0.2) is 0 Å². The monoisotopic (exact) mass is 418 g/mol. The van der Waals surface area contributed by atoms with E-state index in [-0.39, 0.29) is 12.4 Å². The maximum atomic E-state index is 10.6. The van der Waals surface area contributed by atoms with Crippen molar-refractivity contribution in [2.24, 2.45) is 11.8 Å². The normalized spacial score (nSPS) is 27.0. The fraction of sp³-hybridized carbons (Fsp3) is 0.708. The lowest BCUT2D eigenvalue weighted by Gasteiger charge is -2.34. The van der Waals surface area contributed by atoms with E-state index in [4.69, 9.17) is 4.74 Å². The number of aliphatic hydroxyl groups is 1. The molecule has 2 aliphatic carbocycles. The average Bonchev–Trinajstić information content (AvgIpc) is 2.76. The molecule has 1 aromatic rings. The molecule has 4 N–H and O–H groups in total. The number of carbonyl (C=O) groups is 1. The van der Waals surface area contributed by atoms with Crippen LogP contribution in [0, 0.1) is 18.8 Å². The first kappa shape index (κ1) is 23.0. The van der Waals surface area contributed by atoms with Gasteiger partial charge >= 0.3 is 0 Å². The number of rotatable bonds is 10. The van der Waals surface area contributed by atoms with Gasteiger partial charge in [-0.1, -0.05) is 17.7 Å². The van der Waals surface area contributed by atoms with Gasteiger partial charge in [0.1, 0.15) is 5.75 Å². The van der Waals surface area contributed by atoms with E-state index in [9.17, 15) is 15.0 Å². The molecule has 0 bridgehead atoms. The van der Waals surface area contributed by atoms with Crippen molar-refractivity contribution in [3.05, 3.63) is 28.8 Å². The summed E-state index contributed by atoms with van der Waals surface area (Å²) in [6.07, 6.45) is 11.9. The number of carbonyl (C=O) groups excluding carboxylic acids is 1. The number of amides is 1. The smallest absolute Gasteiger partial charge is 0.207 e. The molecule has 0 aromatic heterocycles. The molecule has 0 atom stereocenters. The van der Waals surface area contributed by atoms with E-state index in [2.05, 4.69) is 10.6 Å². The zero-order valence-electron chi connectivity index (χ0n) is 18.2. The predicted octanol–water partition coefficient (Wildman–Crippen LogP) is 3.51. The fourth-order valence-electron chi connectivity index (χ4n) is 5.24. The lowest BCUT2D eigenvalue weighted by molar-refractivity contribution is -0.110. The van der Waals surface area contributed by atoms with Crippen LogP contribution in [0.15, 0.2) is 12.1 Å². The minimum atomic E-state index is -0.168. The summed E-state index contributed by atoms with van der Waals surface area (Å²) in [7, 11) is 0. The van der Waals surface area contributed by atoms with Gasteiger partial charge in [-0.2, -0.15) is 0 Å². The molecule has 0 heterocycles. The van der Waals surface area contributed by atoms with E-state index in [1.54, 1.807) is 6.07 Å². The van der Waals surface area contributed by atoms with Crippen LogP contribution in [0.4, 0.5) is 0 Å². The van der Waals surface area contributed by atoms with E-state index in [0.717, 1.165) is 42.2 Å². The van der Waals surface area contributed by atoms with E-state index in [1.165, 1.54) is 44.9 Å². The van der Waals surface area contributed by atoms with Gasteiger partial charge in [-0.05, 0) is 76.5 Å². The molecule has 0 radical (unpaired) electrons. The third kappa shape index (κ3) is 6.69. The topological polar surface area (TPSA) is 90.8 Å². The van der Waals surface area contributed by atoms with Gasteiger partial charge in [0.05, 0.1) is 19.9 Å². The minimum Gasteiger partial charge on any atom is -0.507 e. The second kappa shape index (κ2) is 11.7. The molecule has 0 saturated heterocycles. The highest BCUT2D eigenvalue weighted by Crippen LogP contribution is 2.35. The molecule has 0 aliphatic heterocycles. The van der Waals surface area contributed by atoms with Crippen LogP contribution in [0.2, 0.25) is 0 Å². The van der Waals surface area contributed by atoms with E-state index in [0.29, 0.717) is 31.0 Å². The third-order valence-corrected chi connectivity index (χ3v) is 6.98. The van der Waals surface area contributed by atoms with Gasteiger partial charge in [0.15, 0.2) is 0 Å². The van der Waals surface area contributed by atoms with Crippen LogP contribution in [-0.4, -0.2) is 35.4 Å². The molecule has 1 aromatic carbocycles. The zero-order chi connectivity index (χ0) is 21.3. The Bertz CT molecular complexity index is 665. The summed E-state index contributed by atoms with van der Waals surface area (Å²) in [5.74, 6) is 1.81. The van der Waals surface area contributed by atoms with Crippen molar-refractivity contribution in [2.45, 2.75) is 90.0 Å². The van der Waals surface area contributed by atoms with Gasteiger partial charge in [0, 0.05) is 23.2 Å². The first-order valence-corrected chi connectivity index (χ1v) is 11.5. The Kier molecular flexibility index (Phi) is 8.97. The first-order valence-electron chi connectivity index (χ1n) is 11.5. The molecule has 0 unspecified atom stereocenters. The van der Waals surface area contributed by atoms with E-state index < -0.39 is 0 Å². The molecule has 6 nitrogen and oxygen atoms in total. The number of aliphatic hydroxyl groups excluding tert-OH is 1. The Morgan fingerprint density at radius 1 is 1.00 bits per heavy atom. The van der Waals surface area contributed by atoms with Crippen LogP contribution in [0.3, 0.4) is 0 Å². The summed E-state index contributed by atoms with van der Waals surface area (Å²) in [6.45, 7) is 2.60. The van der Waals surface area contributed by atoms with Crippen LogP contribution >= 0.6 is 0 Å². The van der Waals surface area contributed by atoms with E-state index >= 15 is 0 Å². The molecule has 2 fully saturated rings. The Hall–Kier alpha value is -1.63. The summed E-state index contributed by atoms with van der Waals surface area (Å²) in [5.41, 5.74) is 2.28. The third-order valence-electron chi connectivity index (χ3n) is 6.98. The molecule has 6 heteroatoms. The highest BCUT2D eigenvalue weighted by atomic mass is 16.5. The molecule has 1 amide bonds. The second-order valence-electron chi connectivity index (χ2n) is 9.24. The maximum absolute atomic E-state index is 10.6. The van der Waals surface area contributed by atoms with Crippen molar-refractivity contribution < 1.29 is 19.7 Å². The Morgan fingerprint density at radius 2 is 1.60 bits per heavy atom. The number of ether oxygens (including phenoxy) is 1. The van der Waals surface area contributed by atoms with Crippen molar-refractivity contribution in [3.8, 4) is 5.75 Å².